The van der Waals surface area contributed by atoms with Gasteiger partial charge in [0.05, 0.1) is 18.6 Å². The molecule has 0 amide bonds. The van der Waals surface area contributed by atoms with Gasteiger partial charge in [-0.1, -0.05) is 19.1 Å². The van der Waals surface area contributed by atoms with Gasteiger partial charge in [0.1, 0.15) is 12.8 Å². The van der Waals surface area contributed by atoms with Crippen molar-refractivity contribution in [2.45, 2.75) is 13.8 Å². The van der Waals surface area contributed by atoms with Crippen molar-refractivity contribution in [3.8, 4) is 5.75 Å². The van der Waals surface area contributed by atoms with Crippen molar-refractivity contribution in [3.63, 3.8) is 0 Å². The van der Waals surface area contributed by atoms with E-state index in [0.717, 1.165) is 11.3 Å². The Hall–Kier alpha value is -0.406. The van der Waals surface area contributed by atoms with Crippen LogP contribution in [0.3, 0.4) is 0 Å². The van der Waals surface area contributed by atoms with E-state index in [-0.39, 0.29) is 38.5 Å². The number of hydrogen-bond donors (Lipinski definition) is 1. The third-order valence-corrected chi connectivity index (χ3v) is 2.37. The van der Waals surface area contributed by atoms with Crippen molar-refractivity contribution in [2.75, 3.05) is 7.11 Å². The van der Waals surface area contributed by atoms with Gasteiger partial charge < -0.3 is 9.84 Å². The second-order valence-corrected chi connectivity index (χ2v) is 3.22. The molecule has 0 atom stereocenters. The minimum Gasteiger partial charge on any atom is -0.516 e. The Morgan fingerprint density at radius 3 is 2.40 bits per heavy atom. The molecule has 0 aliphatic heterocycles. The van der Waals surface area contributed by atoms with Crippen LogP contribution in [0.4, 0.5) is 0 Å². The number of aromatic nitrogens is 1. The summed E-state index contributed by atoms with van der Waals surface area (Å²) in [6, 6.07) is 3.05. The number of pyridine rings is 1. The Labute approximate surface area is 116 Å². The average Bonchev–Trinajstić information content (AvgIpc) is 2.12. The summed E-state index contributed by atoms with van der Waals surface area (Å²) in [5.41, 5.74) is 2.58. The van der Waals surface area contributed by atoms with E-state index >= 15 is 0 Å². The first-order chi connectivity index (χ1) is 6.49. The SMILES string of the molecule is C=C(O)c1c(OC)[c-]c(C)c(C)[n+]1C.[Y]. The maximum Gasteiger partial charge on any atom is 0.181 e. The van der Waals surface area contributed by atoms with Gasteiger partial charge in [-0.25, -0.2) is 0 Å². The number of nitrogens with zero attached hydrogens (tertiary/aromatic N) is 1. The molecular formula is C11H15NO2Y. The monoisotopic (exact) mass is 282 g/mol. The van der Waals surface area contributed by atoms with E-state index < -0.39 is 0 Å². The largest absolute Gasteiger partial charge is 0.516 e. The van der Waals surface area contributed by atoms with E-state index in [0.29, 0.717) is 11.4 Å². The van der Waals surface area contributed by atoms with Crippen LogP contribution in [0, 0.1) is 19.9 Å². The minimum absolute atomic E-state index is 0. The van der Waals surface area contributed by atoms with Crippen molar-refractivity contribution in [3.05, 3.63) is 29.6 Å². The molecule has 0 aromatic carbocycles. The third kappa shape index (κ3) is 2.79. The summed E-state index contributed by atoms with van der Waals surface area (Å²) in [4.78, 5) is 0. The van der Waals surface area contributed by atoms with Crippen molar-refractivity contribution in [2.24, 2.45) is 7.05 Å². The molecule has 15 heavy (non-hydrogen) atoms. The number of methoxy groups -OCH3 is 1. The van der Waals surface area contributed by atoms with Gasteiger partial charge in [0.25, 0.3) is 0 Å². The summed E-state index contributed by atoms with van der Waals surface area (Å²) >= 11 is 0. The van der Waals surface area contributed by atoms with Crippen LogP contribution in [-0.4, -0.2) is 12.2 Å². The maximum absolute atomic E-state index is 9.42. The first kappa shape index (κ1) is 14.6. The van der Waals surface area contributed by atoms with E-state index in [2.05, 4.69) is 12.6 Å². The zero-order valence-electron chi connectivity index (χ0n) is 9.59. The van der Waals surface area contributed by atoms with Gasteiger partial charge in [0.2, 0.25) is 0 Å². The fourth-order valence-electron chi connectivity index (χ4n) is 1.36. The van der Waals surface area contributed by atoms with Crippen LogP contribution < -0.4 is 9.30 Å². The van der Waals surface area contributed by atoms with E-state index in [1.165, 1.54) is 0 Å². The molecule has 0 bridgehead atoms. The summed E-state index contributed by atoms with van der Waals surface area (Å²) in [7, 11) is 3.41. The summed E-state index contributed by atoms with van der Waals surface area (Å²) < 4.78 is 6.97. The molecule has 0 saturated heterocycles. The number of aliphatic hydroxyl groups excluding tert-OH is 1. The number of aryl methyl sites for hydroxylation is 1. The first-order valence-electron chi connectivity index (χ1n) is 4.33. The Balaban J connectivity index is 0.00000196. The minimum atomic E-state index is -0.0105. The van der Waals surface area contributed by atoms with E-state index in [4.69, 9.17) is 4.74 Å². The van der Waals surface area contributed by atoms with Gasteiger partial charge in [-0.3, -0.25) is 4.57 Å². The molecule has 79 valence electrons. The zero-order valence-corrected chi connectivity index (χ0v) is 12.4. The summed E-state index contributed by atoms with van der Waals surface area (Å²) in [5.74, 6) is 0.506. The molecule has 3 nitrogen and oxygen atoms in total. The summed E-state index contributed by atoms with van der Waals surface area (Å²) in [6.07, 6.45) is 0. The second kappa shape index (κ2) is 5.62. The topological polar surface area (TPSA) is 33.3 Å². The molecule has 0 unspecified atom stereocenters. The van der Waals surface area contributed by atoms with Gasteiger partial charge >= 0.3 is 0 Å². The summed E-state index contributed by atoms with van der Waals surface area (Å²) in [6.45, 7) is 7.40. The standard InChI is InChI=1S/C11H15NO2.Y/c1-7-6-10(14-5)11(9(3)13)12(4)8(7)2;/h13H,3H2,1-2,4-5H3;. The number of rotatable bonds is 2. The van der Waals surface area contributed by atoms with E-state index in [1.54, 1.807) is 7.11 Å². The number of hydrogen-bond acceptors (Lipinski definition) is 2. The molecule has 0 saturated carbocycles. The van der Waals surface area contributed by atoms with Crippen molar-refractivity contribution < 1.29 is 47.1 Å². The molecule has 1 radical (unpaired) electrons. The van der Waals surface area contributed by atoms with Crippen LogP contribution in [0.15, 0.2) is 6.58 Å². The molecule has 1 N–H and O–H groups in total. The molecule has 1 aromatic heterocycles. The zero-order chi connectivity index (χ0) is 10.9. The van der Waals surface area contributed by atoms with Crippen LogP contribution in [0.5, 0.6) is 5.75 Å². The third-order valence-electron chi connectivity index (χ3n) is 2.37. The molecule has 0 aliphatic carbocycles. The average molecular weight is 282 g/mol. The quantitative estimate of drug-likeness (QED) is 0.506. The second-order valence-electron chi connectivity index (χ2n) is 3.22. The predicted molar refractivity (Wildman–Crippen MR) is 54.1 cm³/mol. The molecule has 0 aliphatic rings. The van der Waals surface area contributed by atoms with Crippen LogP contribution in [0.2, 0.25) is 0 Å². The van der Waals surface area contributed by atoms with Gasteiger partial charge in [-0.2, -0.15) is 0 Å². The van der Waals surface area contributed by atoms with E-state index in [9.17, 15) is 5.11 Å². The molecule has 1 aromatic rings. The van der Waals surface area contributed by atoms with Gasteiger partial charge in [0, 0.05) is 32.7 Å². The predicted octanol–water partition coefficient (Wildman–Crippen LogP) is 1.46. The Morgan fingerprint density at radius 1 is 1.47 bits per heavy atom. The van der Waals surface area contributed by atoms with Crippen LogP contribution in [-0.2, 0) is 39.8 Å². The fourth-order valence-corrected chi connectivity index (χ4v) is 1.36. The normalized spacial score (nSPS) is 9.33. The maximum atomic E-state index is 9.42. The number of ether oxygens (including phenoxy) is 1. The Morgan fingerprint density at radius 2 is 2.00 bits per heavy atom. The summed E-state index contributed by atoms with van der Waals surface area (Å²) in [5, 5.41) is 9.42. The van der Waals surface area contributed by atoms with Gasteiger partial charge in [0.15, 0.2) is 5.69 Å². The molecule has 1 rings (SSSR count). The van der Waals surface area contributed by atoms with Crippen molar-refractivity contribution >= 4 is 5.76 Å². The van der Waals surface area contributed by atoms with E-state index in [1.807, 2.05) is 25.5 Å². The molecule has 0 spiro atoms. The smallest absolute Gasteiger partial charge is 0.181 e. The van der Waals surface area contributed by atoms with Gasteiger partial charge in [-0.05, 0) is 6.92 Å². The molecular weight excluding hydrogens is 267 g/mol. The van der Waals surface area contributed by atoms with Crippen molar-refractivity contribution in [1.29, 1.82) is 0 Å². The molecule has 4 heteroatoms. The van der Waals surface area contributed by atoms with Crippen LogP contribution in [0.1, 0.15) is 17.0 Å². The van der Waals surface area contributed by atoms with Crippen LogP contribution in [0.25, 0.3) is 5.76 Å². The number of aliphatic hydroxyl groups is 1. The molecule has 1 heterocycles. The molecule has 0 fully saturated rings. The first-order valence-corrected chi connectivity index (χ1v) is 4.33. The van der Waals surface area contributed by atoms with Gasteiger partial charge in [-0.15, -0.1) is 6.07 Å². The van der Waals surface area contributed by atoms with Crippen LogP contribution >= 0.6 is 0 Å². The van der Waals surface area contributed by atoms with Crippen molar-refractivity contribution in [1.82, 2.24) is 0 Å². The fraction of sp³-hybridized carbons (Fsp3) is 0.364. The Bertz CT molecular complexity index is 389. The Kier molecular flexibility index (Phi) is 5.46.